The Morgan fingerprint density at radius 2 is 1.83 bits per heavy atom. The number of aliphatic hydroxyl groups excluding tert-OH is 1. The van der Waals surface area contributed by atoms with Crippen molar-refractivity contribution in [2.45, 2.75) is 6.42 Å². The number of nitrogens with one attached hydrogen (secondary N) is 1. The lowest BCUT2D eigenvalue weighted by molar-refractivity contribution is -0.116. The normalized spacial score (nSPS) is 10.7. The number of hydrogen-bond acceptors (Lipinski definition) is 5. The summed E-state index contributed by atoms with van der Waals surface area (Å²) in [5.74, 6) is -0.0154. The zero-order chi connectivity index (χ0) is 17.4. The van der Waals surface area contributed by atoms with Gasteiger partial charge in [-0.3, -0.25) is 4.79 Å². The van der Waals surface area contributed by atoms with Gasteiger partial charge in [0.05, 0.1) is 0 Å². The van der Waals surface area contributed by atoms with Gasteiger partial charge in [-0.25, -0.2) is 0 Å². The molecule has 0 saturated heterocycles. The molecule has 2 aromatic carbocycles. The van der Waals surface area contributed by atoms with Crippen LogP contribution in [0.3, 0.4) is 0 Å². The van der Waals surface area contributed by atoms with Crippen molar-refractivity contribution in [3.63, 3.8) is 0 Å². The van der Waals surface area contributed by atoms with E-state index in [4.69, 9.17) is 9.84 Å². The third-order valence-corrected chi connectivity index (χ3v) is 3.29. The summed E-state index contributed by atoms with van der Waals surface area (Å²) in [6, 6.07) is 11.5. The molecule has 126 valence electrons. The first-order valence-electron chi connectivity index (χ1n) is 7.39. The Labute approximate surface area is 139 Å². The van der Waals surface area contributed by atoms with Crippen molar-refractivity contribution in [1.29, 1.82) is 0 Å². The first kappa shape index (κ1) is 17.4. The van der Waals surface area contributed by atoms with Crippen LogP contribution < -0.4 is 10.1 Å². The largest absolute Gasteiger partial charge is 0.504 e. The maximum atomic E-state index is 11.8. The Morgan fingerprint density at radius 3 is 2.50 bits per heavy atom. The molecular weight excluding hydrogens is 310 g/mol. The van der Waals surface area contributed by atoms with Crippen molar-refractivity contribution in [2.75, 3.05) is 13.3 Å². The smallest absolute Gasteiger partial charge is 0.244 e. The van der Waals surface area contributed by atoms with E-state index >= 15 is 0 Å². The average molecular weight is 329 g/mol. The van der Waals surface area contributed by atoms with Crippen LogP contribution in [-0.2, 0) is 11.2 Å². The number of phenols is 2. The van der Waals surface area contributed by atoms with E-state index in [1.807, 2.05) is 0 Å². The van der Waals surface area contributed by atoms with Gasteiger partial charge in [0.25, 0.3) is 0 Å². The standard InChI is InChI=1S/C18H19NO5/c20-12-24-15-5-1-13(2-6-15)4-8-18(23)19-10-9-14-3-7-16(21)17(22)11-14/h1-8,11,20-22H,9-10,12H2,(H,19,23)/b8-4-. The van der Waals surface area contributed by atoms with Gasteiger partial charge in [0.1, 0.15) is 5.75 Å². The molecule has 0 aromatic heterocycles. The molecule has 4 N–H and O–H groups in total. The second-order valence-electron chi connectivity index (χ2n) is 5.04. The molecule has 6 nitrogen and oxygen atoms in total. The molecule has 24 heavy (non-hydrogen) atoms. The van der Waals surface area contributed by atoms with E-state index in [0.717, 1.165) is 11.1 Å². The summed E-state index contributed by atoms with van der Waals surface area (Å²) in [7, 11) is 0. The van der Waals surface area contributed by atoms with Crippen LogP contribution in [0, 0.1) is 0 Å². The minimum absolute atomic E-state index is 0.166. The molecule has 2 aromatic rings. The van der Waals surface area contributed by atoms with Crippen LogP contribution in [0.2, 0.25) is 0 Å². The topological polar surface area (TPSA) is 99.0 Å². The zero-order valence-corrected chi connectivity index (χ0v) is 13.0. The van der Waals surface area contributed by atoms with Gasteiger partial charge < -0.3 is 25.4 Å². The average Bonchev–Trinajstić information content (AvgIpc) is 2.58. The lowest BCUT2D eigenvalue weighted by Gasteiger charge is -2.04. The third-order valence-electron chi connectivity index (χ3n) is 3.29. The maximum Gasteiger partial charge on any atom is 0.244 e. The van der Waals surface area contributed by atoms with Crippen molar-refractivity contribution >= 4 is 12.0 Å². The number of carbonyl (C=O) groups excluding carboxylic acids is 1. The number of benzene rings is 2. The number of hydrogen-bond donors (Lipinski definition) is 4. The van der Waals surface area contributed by atoms with Crippen molar-refractivity contribution < 1.29 is 24.9 Å². The summed E-state index contributed by atoms with van der Waals surface area (Å²) >= 11 is 0. The van der Waals surface area contributed by atoms with Crippen molar-refractivity contribution in [3.8, 4) is 17.2 Å². The number of phenolic OH excluding ortho intramolecular Hbond substituents is 2. The quantitative estimate of drug-likeness (QED) is 0.353. The molecule has 0 aliphatic rings. The van der Waals surface area contributed by atoms with E-state index < -0.39 is 0 Å². The van der Waals surface area contributed by atoms with Crippen LogP contribution in [0.15, 0.2) is 48.5 Å². The fraction of sp³-hybridized carbons (Fsp3) is 0.167. The highest BCUT2D eigenvalue weighted by molar-refractivity contribution is 5.91. The van der Waals surface area contributed by atoms with E-state index in [1.165, 1.54) is 18.2 Å². The molecule has 0 heterocycles. The molecule has 0 fully saturated rings. The molecule has 2 rings (SSSR count). The summed E-state index contributed by atoms with van der Waals surface area (Å²) in [5.41, 5.74) is 1.65. The minimum Gasteiger partial charge on any atom is -0.504 e. The SMILES string of the molecule is O=C(/C=C\c1ccc(OCO)cc1)NCCc1ccc(O)c(O)c1. The lowest BCUT2D eigenvalue weighted by atomic mass is 10.1. The van der Waals surface area contributed by atoms with E-state index in [-0.39, 0.29) is 24.2 Å². The monoisotopic (exact) mass is 329 g/mol. The minimum atomic E-state index is -0.379. The first-order valence-corrected chi connectivity index (χ1v) is 7.39. The molecule has 0 spiro atoms. The van der Waals surface area contributed by atoms with Gasteiger partial charge >= 0.3 is 0 Å². The van der Waals surface area contributed by atoms with Crippen LogP contribution in [0.4, 0.5) is 0 Å². The molecule has 0 aliphatic carbocycles. The molecule has 0 radical (unpaired) electrons. The van der Waals surface area contributed by atoms with Crippen LogP contribution in [0.5, 0.6) is 17.2 Å². The van der Waals surface area contributed by atoms with Crippen LogP contribution >= 0.6 is 0 Å². The fourth-order valence-corrected chi connectivity index (χ4v) is 2.04. The Balaban J connectivity index is 1.78. The number of aromatic hydroxyl groups is 2. The summed E-state index contributed by atoms with van der Waals surface area (Å²) < 4.78 is 4.92. The van der Waals surface area contributed by atoms with Crippen LogP contribution in [-0.4, -0.2) is 34.6 Å². The predicted octanol–water partition coefficient (Wildman–Crippen LogP) is 1.80. The van der Waals surface area contributed by atoms with Gasteiger partial charge in [0.15, 0.2) is 18.3 Å². The van der Waals surface area contributed by atoms with Gasteiger partial charge in [0, 0.05) is 12.6 Å². The van der Waals surface area contributed by atoms with Gasteiger partial charge in [-0.15, -0.1) is 0 Å². The van der Waals surface area contributed by atoms with Gasteiger partial charge in [-0.2, -0.15) is 0 Å². The highest BCUT2D eigenvalue weighted by Crippen LogP contribution is 2.24. The molecule has 0 aliphatic heterocycles. The van der Waals surface area contributed by atoms with Gasteiger partial charge in [-0.05, 0) is 47.9 Å². The third kappa shape index (κ3) is 5.33. The molecule has 0 saturated carbocycles. The van der Waals surface area contributed by atoms with E-state index in [1.54, 1.807) is 36.4 Å². The zero-order valence-electron chi connectivity index (χ0n) is 13.0. The molecule has 0 bridgehead atoms. The van der Waals surface area contributed by atoms with Crippen LogP contribution in [0.25, 0.3) is 6.08 Å². The summed E-state index contributed by atoms with van der Waals surface area (Å²) in [5, 5.41) is 30.0. The van der Waals surface area contributed by atoms with Crippen LogP contribution in [0.1, 0.15) is 11.1 Å². The van der Waals surface area contributed by atoms with Crippen molar-refractivity contribution in [2.24, 2.45) is 0 Å². The lowest BCUT2D eigenvalue weighted by Crippen LogP contribution is -2.23. The molecular formula is C18H19NO5. The number of aliphatic hydroxyl groups is 1. The maximum absolute atomic E-state index is 11.8. The second kappa shape index (κ2) is 8.59. The highest BCUT2D eigenvalue weighted by Gasteiger charge is 2.01. The number of carbonyl (C=O) groups is 1. The molecule has 1 amide bonds. The van der Waals surface area contributed by atoms with E-state index in [2.05, 4.69) is 5.32 Å². The summed E-state index contributed by atoms with van der Waals surface area (Å²) in [6.07, 6.45) is 3.64. The first-order chi connectivity index (χ1) is 11.6. The van der Waals surface area contributed by atoms with Crippen molar-refractivity contribution in [1.82, 2.24) is 5.32 Å². The Hall–Kier alpha value is -2.99. The Kier molecular flexibility index (Phi) is 6.22. The predicted molar refractivity (Wildman–Crippen MR) is 89.7 cm³/mol. The number of ether oxygens (including phenoxy) is 1. The number of amides is 1. The highest BCUT2D eigenvalue weighted by atomic mass is 16.6. The van der Waals surface area contributed by atoms with Gasteiger partial charge in [-0.1, -0.05) is 18.2 Å². The van der Waals surface area contributed by atoms with Crippen molar-refractivity contribution in [3.05, 3.63) is 59.7 Å². The van der Waals surface area contributed by atoms with Gasteiger partial charge in [0.2, 0.25) is 5.91 Å². The second-order valence-corrected chi connectivity index (χ2v) is 5.04. The Morgan fingerprint density at radius 1 is 1.08 bits per heavy atom. The summed E-state index contributed by atoms with van der Waals surface area (Å²) in [6.45, 7) is 0.0348. The number of rotatable bonds is 7. The summed E-state index contributed by atoms with van der Waals surface area (Å²) in [4.78, 5) is 11.8. The molecule has 0 atom stereocenters. The fourth-order valence-electron chi connectivity index (χ4n) is 2.04. The Bertz CT molecular complexity index is 710. The molecule has 0 unspecified atom stereocenters. The van der Waals surface area contributed by atoms with E-state index in [9.17, 15) is 15.0 Å². The van der Waals surface area contributed by atoms with E-state index in [0.29, 0.717) is 18.7 Å². The molecule has 6 heteroatoms.